The quantitative estimate of drug-likeness (QED) is 0.483. The third-order valence-corrected chi connectivity index (χ3v) is 9.15. The highest BCUT2D eigenvalue weighted by Gasteiger charge is 2.37. The van der Waals surface area contributed by atoms with E-state index in [9.17, 15) is 4.79 Å². The zero-order valence-corrected chi connectivity index (χ0v) is 22.6. The summed E-state index contributed by atoms with van der Waals surface area (Å²) in [4.78, 5) is 22.2. The lowest BCUT2D eigenvalue weighted by atomic mass is 9.73. The largest absolute Gasteiger partial charge is 0.492 e. The number of para-hydroxylation sites is 1. The van der Waals surface area contributed by atoms with Crippen LogP contribution < -0.4 is 4.74 Å². The average Bonchev–Trinajstić information content (AvgIpc) is 3.45. The number of rotatable bonds is 5. The second-order valence-corrected chi connectivity index (χ2v) is 11.8. The smallest absolute Gasteiger partial charge is 0.222 e. The number of hydrogen-bond acceptors (Lipinski definition) is 4. The fraction of sp³-hybridized carbons (Fsp3) is 0.625. The van der Waals surface area contributed by atoms with Crippen molar-refractivity contribution in [2.75, 3.05) is 32.8 Å². The second kappa shape index (κ2) is 12.9. The molecule has 1 aliphatic carbocycles. The van der Waals surface area contributed by atoms with Crippen molar-refractivity contribution in [1.82, 2.24) is 14.8 Å². The van der Waals surface area contributed by atoms with Crippen LogP contribution >= 0.6 is 0 Å². The summed E-state index contributed by atoms with van der Waals surface area (Å²) < 4.78 is 6.31. The van der Waals surface area contributed by atoms with Crippen molar-refractivity contribution >= 4 is 5.91 Å². The Kier molecular flexibility index (Phi) is 9.14. The first-order chi connectivity index (χ1) is 18.2. The zero-order valence-electron chi connectivity index (χ0n) is 22.6. The van der Waals surface area contributed by atoms with Crippen LogP contribution in [0.1, 0.15) is 81.8 Å². The van der Waals surface area contributed by atoms with Crippen LogP contribution in [0.15, 0.2) is 48.8 Å². The molecule has 0 bridgehead atoms. The van der Waals surface area contributed by atoms with Crippen molar-refractivity contribution in [2.45, 2.75) is 83.6 Å². The molecule has 1 spiro atoms. The number of amides is 1. The van der Waals surface area contributed by atoms with E-state index in [1.54, 1.807) is 0 Å². The Morgan fingerprint density at radius 3 is 2.62 bits per heavy atom. The molecule has 1 amide bonds. The third-order valence-electron chi connectivity index (χ3n) is 9.15. The number of pyridine rings is 1. The molecule has 5 heteroatoms. The van der Waals surface area contributed by atoms with Gasteiger partial charge in [-0.1, -0.05) is 56.4 Å². The topological polar surface area (TPSA) is 45.7 Å². The second-order valence-electron chi connectivity index (χ2n) is 11.8. The highest BCUT2D eigenvalue weighted by Crippen LogP contribution is 2.39. The maximum Gasteiger partial charge on any atom is 0.222 e. The molecule has 3 heterocycles. The number of benzene rings is 1. The molecule has 2 fully saturated rings. The summed E-state index contributed by atoms with van der Waals surface area (Å²) in [5.74, 6) is 2.23. The van der Waals surface area contributed by atoms with E-state index in [0.717, 1.165) is 76.5 Å². The first-order valence-electron chi connectivity index (χ1n) is 14.8. The van der Waals surface area contributed by atoms with Crippen molar-refractivity contribution < 1.29 is 9.53 Å². The fourth-order valence-corrected chi connectivity index (χ4v) is 6.89. The number of fused-ring (bicyclic) bond motifs is 1. The van der Waals surface area contributed by atoms with Gasteiger partial charge in [0.2, 0.25) is 5.91 Å². The van der Waals surface area contributed by atoms with Crippen LogP contribution in [0.5, 0.6) is 5.75 Å². The molecule has 1 aromatic carbocycles. The number of nitrogens with zero attached hydrogens (tertiary/aromatic N) is 3. The maximum absolute atomic E-state index is 13.0. The molecule has 0 atom stereocenters. The minimum absolute atomic E-state index is 0.267. The predicted octanol–water partition coefficient (Wildman–Crippen LogP) is 6.27. The van der Waals surface area contributed by atoms with Crippen molar-refractivity contribution in [3.63, 3.8) is 0 Å². The number of ether oxygens (including phenoxy) is 1. The van der Waals surface area contributed by atoms with Crippen LogP contribution in [0.2, 0.25) is 0 Å². The van der Waals surface area contributed by atoms with E-state index in [4.69, 9.17) is 4.74 Å². The average molecular weight is 504 g/mol. The van der Waals surface area contributed by atoms with Gasteiger partial charge >= 0.3 is 0 Å². The van der Waals surface area contributed by atoms with Crippen LogP contribution in [0.3, 0.4) is 0 Å². The van der Waals surface area contributed by atoms with Crippen LogP contribution in [-0.2, 0) is 17.8 Å². The van der Waals surface area contributed by atoms with Gasteiger partial charge in [0.1, 0.15) is 12.4 Å². The normalized spacial score (nSPS) is 21.6. The Morgan fingerprint density at radius 2 is 1.81 bits per heavy atom. The Morgan fingerprint density at radius 1 is 0.973 bits per heavy atom. The van der Waals surface area contributed by atoms with Crippen LogP contribution in [0, 0.1) is 11.3 Å². The molecule has 0 unspecified atom stereocenters. The molecule has 5 nitrogen and oxygen atoms in total. The lowest BCUT2D eigenvalue weighted by Gasteiger charge is -2.45. The van der Waals surface area contributed by atoms with E-state index in [2.05, 4.69) is 45.1 Å². The molecular formula is C32H45N3O2. The van der Waals surface area contributed by atoms with Gasteiger partial charge in [-0.05, 0) is 73.1 Å². The zero-order chi connectivity index (χ0) is 25.3. The van der Waals surface area contributed by atoms with Gasteiger partial charge in [-0.2, -0.15) is 0 Å². The highest BCUT2D eigenvalue weighted by molar-refractivity contribution is 5.76. The maximum atomic E-state index is 13.0. The standard InChI is InChI=1S/C32H45N3O2/c36-31(15-14-27-8-1-2-9-27)35-20-17-32(18-21-35)16-6-5-12-29-11-3-4-13-30(29)37-23-22-34(26-32)25-28-10-7-19-33-24-28/h3-4,7,10-11,13,19,24,27H,1-2,5-6,8-9,12,14-18,20-23,25-26H2. The van der Waals surface area contributed by atoms with Crippen LogP contribution in [0.25, 0.3) is 0 Å². The predicted molar refractivity (Wildman–Crippen MR) is 148 cm³/mol. The van der Waals surface area contributed by atoms with Gasteiger partial charge in [0, 0.05) is 51.5 Å². The number of piperidine rings is 1. The third kappa shape index (κ3) is 7.34. The molecule has 0 radical (unpaired) electrons. The minimum Gasteiger partial charge on any atom is -0.492 e. The first-order valence-corrected chi connectivity index (χ1v) is 14.8. The molecule has 2 aromatic rings. The minimum atomic E-state index is 0.267. The number of likely N-dealkylation sites (tertiary alicyclic amines) is 1. The number of carbonyl (C=O) groups excluding carboxylic acids is 1. The number of carbonyl (C=O) groups is 1. The number of hydrogen-bond donors (Lipinski definition) is 0. The van der Waals surface area contributed by atoms with Gasteiger partial charge < -0.3 is 9.64 Å². The lowest BCUT2D eigenvalue weighted by molar-refractivity contribution is -0.134. The number of aryl methyl sites for hydroxylation is 1. The van der Waals surface area contributed by atoms with Gasteiger partial charge in [0.25, 0.3) is 0 Å². The van der Waals surface area contributed by atoms with E-state index < -0.39 is 0 Å². The van der Waals surface area contributed by atoms with Gasteiger partial charge in [-0.25, -0.2) is 0 Å². The van der Waals surface area contributed by atoms with Gasteiger partial charge in [-0.15, -0.1) is 0 Å². The van der Waals surface area contributed by atoms with Crippen LogP contribution in [0.4, 0.5) is 0 Å². The highest BCUT2D eigenvalue weighted by atomic mass is 16.5. The molecule has 1 saturated heterocycles. The van der Waals surface area contributed by atoms with Gasteiger partial charge in [0.05, 0.1) is 0 Å². The van der Waals surface area contributed by atoms with E-state index in [1.165, 1.54) is 56.1 Å². The van der Waals surface area contributed by atoms with Crippen molar-refractivity contribution in [2.24, 2.45) is 11.3 Å². The monoisotopic (exact) mass is 503 g/mol. The molecular weight excluding hydrogens is 458 g/mol. The number of aromatic nitrogens is 1. The molecule has 200 valence electrons. The molecule has 0 N–H and O–H groups in total. The lowest BCUT2D eigenvalue weighted by Crippen LogP contribution is -2.48. The summed E-state index contributed by atoms with van der Waals surface area (Å²) in [6.07, 6.45) is 18.0. The molecule has 5 rings (SSSR count). The Hall–Kier alpha value is -2.40. The van der Waals surface area contributed by atoms with Gasteiger partial charge in [-0.3, -0.25) is 14.7 Å². The van der Waals surface area contributed by atoms with Crippen molar-refractivity contribution in [3.05, 3.63) is 59.9 Å². The molecule has 3 aliphatic rings. The van der Waals surface area contributed by atoms with Crippen LogP contribution in [-0.4, -0.2) is 53.5 Å². The first kappa shape index (κ1) is 26.2. The van der Waals surface area contributed by atoms with E-state index in [-0.39, 0.29) is 5.41 Å². The van der Waals surface area contributed by atoms with Crippen molar-refractivity contribution in [1.29, 1.82) is 0 Å². The molecule has 37 heavy (non-hydrogen) atoms. The van der Waals surface area contributed by atoms with E-state index >= 15 is 0 Å². The summed E-state index contributed by atoms with van der Waals surface area (Å²) in [7, 11) is 0. The van der Waals surface area contributed by atoms with E-state index in [1.807, 2.05) is 18.5 Å². The molecule has 1 saturated carbocycles. The fourth-order valence-electron chi connectivity index (χ4n) is 6.89. The SMILES string of the molecule is O=C(CCC1CCCC1)N1CCC2(CCCCc3ccccc3OCCN(Cc3cccnc3)C2)CC1. The Labute approximate surface area is 223 Å². The Balaban J connectivity index is 1.25. The molecule has 2 aliphatic heterocycles. The van der Waals surface area contributed by atoms with E-state index in [0.29, 0.717) is 12.5 Å². The van der Waals surface area contributed by atoms with Crippen molar-refractivity contribution in [3.8, 4) is 5.75 Å². The Bertz CT molecular complexity index is 981. The molecule has 1 aromatic heterocycles. The van der Waals surface area contributed by atoms with Gasteiger partial charge in [0.15, 0.2) is 0 Å². The summed E-state index contributed by atoms with van der Waals surface area (Å²) in [5, 5.41) is 0. The summed E-state index contributed by atoms with van der Waals surface area (Å²) in [6, 6.07) is 12.8. The summed E-state index contributed by atoms with van der Waals surface area (Å²) in [6.45, 7) is 5.39. The summed E-state index contributed by atoms with van der Waals surface area (Å²) >= 11 is 0. The summed E-state index contributed by atoms with van der Waals surface area (Å²) in [5.41, 5.74) is 2.85.